The van der Waals surface area contributed by atoms with Crippen LogP contribution in [0.25, 0.3) is 11.3 Å². The van der Waals surface area contributed by atoms with Crippen molar-refractivity contribution in [2.45, 2.75) is 13.2 Å². The normalized spacial score (nSPS) is 10.6. The van der Waals surface area contributed by atoms with E-state index in [1.807, 2.05) is 30.3 Å². The Labute approximate surface area is 172 Å². The summed E-state index contributed by atoms with van der Waals surface area (Å²) in [5, 5.41) is 9.89. The molecule has 0 aliphatic heterocycles. The number of carbonyl (C=O) groups excluding carboxylic acids is 1. The molecule has 0 saturated carbocycles. The fourth-order valence-electron chi connectivity index (χ4n) is 2.86. The largest absolute Gasteiger partial charge is 0.497 e. The Morgan fingerprint density at radius 2 is 1.87 bits per heavy atom. The van der Waals surface area contributed by atoms with Crippen LogP contribution in [0.1, 0.15) is 21.9 Å². The first-order chi connectivity index (χ1) is 14.7. The van der Waals surface area contributed by atoms with Crippen molar-refractivity contribution in [3.63, 3.8) is 0 Å². The number of aromatic nitrogens is 3. The van der Waals surface area contributed by atoms with E-state index in [9.17, 15) is 4.79 Å². The summed E-state index contributed by atoms with van der Waals surface area (Å²) in [5.74, 6) is 1.36. The Hall–Kier alpha value is -4.07. The summed E-state index contributed by atoms with van der Waals surface area (Å²) >= 11 is 0. The first kappa shape index (κ1) is 19.3. The highest BCUT2D eigenvalue weighted by Gasteiger charge is 2.14. The van der Waals surface area contributed by atoms with Crippen molar-refractivity contribution in [2.24, 2.45) is 0 Å². The molecule has 0 aliphatic rings. The number of H-pyrrole nitrogens is 1. The minimum absolute atomic E-state index is 0.111. The molecule has 2 heterocycles. The molecule has 0 saturated heterocycles. The summed E-state index contributed by atoms with van der Waals surface area (Å²) in [4.78, 5) is 16.6. The summed E-state index contributed by atoms with van der Waals surface area (Å²) < 4.78 is 16.1. The zero-order valence-corrected chi connectivity index (χ0v) is 16.3. The molecule has 0 spiro atoms. The van der Waals surface area contributed by atoms with Gasteiger partial charge in [0, 0.05) is 12.1 Å². The number of ether oxygens (including phenoxy) is 2. The van der Waals surface area contributed by atoms with Crippen LogP contribution in [-0.2, 0) is 13.2 Å². The van der Waals surface area contributed by atoms with Crippen molar-refractivity contribution in [1.82, 2.24) is 20.5 Å². The summed E-state index contributed by atoms with van der Waals surface area (Å²) in [6, 6.07) is 17.0. The Balaban J connectivity index is 1.33. The minimum Gasteiger partial charge on any atom is -0.497 e. The predicted molar refractivity (Wildman–Crippen MR) is 109 cm³/mol. The van der Waals surface area contributed by atoms with Crippen molar-refractivity contribution in [2.75, 3.05) is 7.11 Å². The Bertz CT molecular complexity index is 1100. The fraction of sp³-hybridized carbons (Fsp3) is 0.136. The molecule has 0 atom stereocenters. The van der Waals surface area contributed by atoms with Gasteiger partial charge in [-0.15, -0.1) is 0 Å². The number of hydrogen-bond donors (Lipinski definition) is 2. The summed E-state index contributed by atoms with van der Waals surface area (Å²) in [5.41, 5.74) is 2.93. The van der Waals surface area contributed by atoms with E-state index in [4.69, 9.17) is 13.9 Å². The number of nitrogens with zero attached hydrogens (tertiary/aromatic N) is 2. The quantitative estimate of drug-likeness (QED) is 0.465. The van der Waals surface area contributed by atoms with E-state index in [1.54, 1.807) is 37.6 Å². The molecule has 8 nitrogen and oxygen atoms in total. The molecular formula is C22H20N4O4. The SMILES string of the molecule is COc1ccc(OCc2nc(C(=O)NCc3cn[nH]c3-c3ccccc3)co2)cc1. The zero-order valence-electron chi connectivity index (χ0n) is 16.3. The van der Waals surface area contributed by atoms with E-state index < -0.39 is 0 Å². The lowest BCUT2D eigenvalue weighted by atomic mass is 10.1. The number of amides is 1. The summed E-state index contributed by atoms with van der Waals surface area (Å²) in [7, 11) is 1.60. The molecule has 0 bridgehead atoms. The van der Waals surface area contributed by atoms with Gasteiger partial charge >= 0.3 is 0 Å². The average molecular weight is 404 g/mol. The van der Waals surface area contributed by atoms with Crippen molar-refractivity contribution in [3.05, 3.63) is 84.2 Å². The van der Waals surface area contributed by atoms with Crippen LogP contribution < -0.4 is 14.8 Å². The van der Waals surface area contributed by atoms with Crippen LogP contribution in [0.4, 0.5) is 0 Å². The molecule has 4 rings (SSSR count). The average Bonchev–Trinajstić information content (AvgIpc) is 3.47. The molecule has 0 radical (unpaired) electrons. The lowest BCUT2D eigenvalue weighted by Gasteiger charge is -2.05. The number of benzene rings is 2. The first-order valence-electron chi connectivity index (χ1n) is 9.30. The molecule has 2 N–H and O–H groups in total. The molecule has 2 aromatic carbocycles. The van der Waals surface area contributed by atoms with Gasteiger partial charge in [0.25, 0.3) is 5.91 Å². The Kier molecular flexibility index (Phi) is 5.75. The number of methoxy groups -OCH3 is 1. The van der Waals surface area contributed by atoms with Gasteiger partial charge in [0.05, 0.1) is 19.0 Å². The fourth-order valence-corrected chi connectivity index (χ4v) is 2.86. The molecule has 2 aromatic heterocycles. The highest BCUT2D eigenvalue weighted by molar-refractivity contribution is 5.91. The minimum atomic E-state index is -0.338. The Morgan fingerprint density at radius 3 is 2.63 bits per heavy atom. The van der Waals surface area contributed by atoms with E-state index in [0.717, 1.165) is 22.6 Å². The van der Waals surface area contributed by atoms with Gasteiger partial charge in [0.15, 0.2) is 12.3 Å². The van der Waals surface area contributed by atoms with Crippen molar-refractivity contribution in [1.29, 1.82) is 0 Å². The van der Waals surface area contributed by atoms with Gasteiger partial charge in [-0.3, -0.25) is 9.89 Å². The van der Waals surface area contributed by atoms with Gasteiger partial charge in [-0.05, 0) is 29.8 Å². The molecule has 1 amide bonds. The van der Waals surface area contributed by atoms with Gasteiger partial charge in [-0.25, -0.2) is 4.98 Å². The topological polar surface area (TPSA) is 102 Å². The monoisotopic (exact) mass is 404 g/mol. The third-order valence-electron chi connectivity index (χ3n) is 4.43. The predicted octanol–water partition coefficient (Wildman–Crippen LogP) is 3.58. The van der Waals surface area contributed by atoms with Gasteiger partial charge in [-0.2, -0.15) is 5.10 Å². The molecule has 30 heavy (non-hydrogen) atoms. The molecule has 152 valence electrons. The lowest BCUT2D eigenvalue weighted by molar-refractivity contribution is 0.0946. The van der Waals surface area contributed by atoms with Crippen molar-refractivity contribution >= 4 is 5.91 Å². The maximum absolute atomic E-state index is 12.4. The van der Waals surface area contributed by atoms with E-state index in [0.29, 0.717) is 18.2 Å². The highest BCUT2D eigenvalue weighted by atomic mass is 16.5. The summed E-state index contributed by atoms with van der Waals surface area (Å²) in [6.07, 6.45) is 3.01. The smallest absolute Gasteiger partial charge is 0.273 e. The number of hydrogen-bond acceptors (Lipinski definition) is 6. The van der Waals surface area contributed by atoms with E-state index >= 15 is 0 Å². The van der Waals surface area contributed by atoms with Crippen LogP contribution in [0.3, 0.4) is 0 Å². The molecule has 4 aromatic rings. The van der Waals surface area contributed by atoms with E-state index in [1.165, 1.54) is 6.26 Å². The lowest BCUT2D eigenvalue weighted by Crippen LogP contribution is -2.23. The third-order valence-corrected chi connectivity index (χ3v) is 4.43. The summed E-state index contributed by atoms with van der Waals surface area (Å²) in [6.45, 7) is 0.420. The number of oxazole rings is 1. The van der Waals surface area contributed by atoms with Crippen LogP contribution in [0.2, 0.25) is 0 Å². The van der Waals surface area contributed by atoms with Crippen LogP contribution in [-0.4, -0.2) is 28.2 Å². The van der Waals surface area contributed by atoms with Crippen molar-refractivity contribution in [3.8, 4) is 22.8 Å². The number of nitrogens with one attached hydrogen (secondary N) is 2. The molecule has 8 heteroatoms. The zero-order chi connectivity index (χ0) is 20.8. The van der Waals surface area contributed by atoms with E-state index in [-0.39, 0.29) is 18.2 Å². The standard InChI is InChI=1S/C22H20N4O4/c1-28-17-7-9-18(10-8-17)29-14-20-25-19(13-30-20)22(27)23-11-16-12-24-26-21(16)15-5-3-2-4-6-15/h2-10,12-13H,11,14H2,1H3,(H,23,27)(H,24,26). The third kappa shape index (κ3) is 4.49. The van der Waals surface area contributed by atoms with Crippen LogP contribution in [0.15, 0.2) is 71.5 Å². The van der Waals surface area contributed by atoms with Gasteiger partial charge in [0.1, 0.15) is 17.8 Å². The second-order valence-electron chi connectivity index (χ2n) is 6.41. The van der Waals surface area contributed by atoms with Gasteiger partial charge < -0.3 is 19.2 Å². The van der Waals surface area contributed by atoms with E-state index in [2.05, 4.69) is 20.5 Å². The highest BCUT2D eigenvalue weighted by Crippen LogP contribution is 2.21. The Morgan fingerprint density at radius 1 is 1.10 bits per heavy atom. The van der Waals surface area contributed by atoms with Gasteiger partial charge in [0.2, 0.25) is 5.89 Å². The van der Waals surface area contributed by atoms with Crippen molar-refractivity contribution < 1.29 is 18.7 Å². The molecule has 0 unspecified atom stereocenters. The first-order valence-corrected chi connectivity index (χ1v) is 9.30. The molecule has 0 aliphatic carbocycles. The number of carbonyl (C=O) groups is 1. The molecular weight excluding hydrogens is 384 g/mol. The second kappa shape index (κ2) is 8.95. The second-order valence-corrected chi connectivity index (χ2v) is 6.41. The van der Waals surface area contributed by atoms with Crippen LogP contribution in [0, 0.1) is 0 Å². The number of rotatable bonds is 8. The maximum Gasteiger partial charge on any atom is 0.273 e. The van der Waals surface area contributed by atoms with Crippen LogP contribution in [0.5, 0.6) is 11.5 Å². The van der Waals surface area contributed by atoms with Gasteiger partial charge in [-0.1, -0.05) is 30.3 Å². The maximum atomic E-state index is 12.4. The number of aromatic amines is 1. The molecule has 0 fully saturated rings. The van der Waals surface area contributed by atoms with Crippen LogP contribution >= 0.6 is 0 Å².